The number of ether oxygens (including phenoxy) is 1. The molecule has 0 aliphatic rings. The molecule has 1 amide bonds. The molecule has 1 N–H and O–H groups in total. The first-order valence-electron chi connectivity index (χ1n) is 9.37. The Hall–Kier alpha value is -2.29. The minimum Gasteiger partial charge on any atom is -0.481 e. The zero-order chi connectivity index (χ0) is 19.3. The van der Waals surface area contributed by atoms with Crippen molar-refractivity contribution in [3.8, 4) is 5.75 Å². The molecule has 3 nitrogen and oxygen atoms in total. The van der Waals surface area contributed by atoms with Crippen LogP contribution in [0.4, 0.5) is 0 Å². The monoisotopic (exact) mass is 353 g/mol. The Kier molecular flexibility index (Phi) is 6.47. The molecule has 2 atom stereocenters. The van der Waals surface area contributed by atoms with Gasteiger partial charge in [0.1, 0.15) is 5.75 Å². The molecule has 0 heterocycles. The summed E-state index contributed by atoms with van der Waals surface area (Å²) >= 11 is 0. The fraction of sp³-hybridized carbons (Fsp3) is 0.435. The highest BCUT2D eigenvalue weighted by molar-refractivity contribution is 5.81. The van der Waals surface area contributed by atoms with E-state index in [4.69, 9.17) is 4.74 Å². The van der Waals surface area contributed by atoms with Crippen LogP contribution < -0.4 is 10.1 Å². The number of benzene rings is 2. The minimum atomic E-state index is -0.543. The molecule has 0 saturated carbocycles. The molecule has 0 bridgehead atoms. The topological polar surface area (TPSA) is 38.3 Å². The molecule has 0 fully saturated rings. The molecule has 0 aromatic heterocycles. The lowest BCUT2D eigenvalue weighted by atomic mass is 9.86. The molecule has 0 radical (unpaired) electrons. The Balaban J connectivity index is 1.99. The number of hydrogen-bond donors (Lipinski definition) is 1. The molecule has 2 aromatic carbocycles. The maximum Gasteiger partial charge on any atom is 0.261 e. The van der Waals surface area contributed by atoms with Crippen molar-refractivity contribution in [1.82, 2.24) is 5.32 Å². The molecule has 0 aliphatic heterocycles. The SMILES string of the molecule is CCc1ccccc1O[C@@H](C)C(=O)N[C@@H](C)c1ccc(C(C)(C)C)cc1. The van der Waals surface area contributed by atoms with Gasteiger partial charge in [0.2, 0.25) is 0 Å². The summed E-state index contributed by atoms with van der Waals surface area (Å²) < 4.78 is 5.89. The van der Waals surface area contributed by atoms with Crippen LogP contribution in [0.15, 0.2) is 48.5 Å². The van der Waals surface area contributed by atoms with Gasteiger partial charge in [-0.25, -0.2) is 0 Å². The lowest BCUT2D eigenvalue weighted by Gasteiger charge is -2.22. The second-order valence-corrected chi connectivity index (χ2v) is 7.82. The van der Waals surface area contributed by atoms with E-state index in [1.165, 1.54) is 5.56 Å². The fourth-order valence-electron chi connectivity index (χ4n) is 2.84. The molecule has 2 aromatic rings. The molecular weight excluding hydrogens is 322 g/mol. The van der Waals surface area contributed by atoms with E-state index >= 15 is 0 Å². The highest BCUT2D eigenvalue weighted by Crippen LogP contribution is 2.24. The highest BCUT2D eigenvalue weighted by atomic mass is 16.5. The number of para-hydroxylation sites is 1. The van der Waals surface area contributed by atoms with Crippen molar-refractivity contribution in [2.75, 3.05) is 0 Å². The van der Waals surface area contributed by atoms with Gasteiger partial charge in [-0.15, -0.1) is 0 Å². The molecular formula is C23H31NO2. The number of nitrogens with one attached hydrogen (secondary N) is 1. The van der Waals surface area contributed by atoms with Crippen LogP contribution in [-0.2, 0) is 16.6 Å². The minimum absolute atomic E-state index is 0.0658. The lowest BCUT2D eigenvalue weighted by Crippen LogP contribution is -2.37. The van der Waals surface area contributed by atoms with Crippen molar-refractivity contribution in [3.63, 3.8) is 0 Å². The van der Waals surface area contributed by atoms with Crippen LogP contribution in [0.2, 0.25) is 0 Å². The molecule has 26 heavy (non-hydrogen) atoms. The van der Waals surface area contributed by atoms with Crippen molar-refractivity contribution in [2.24, 2.45) is 0 Å². The predicted molar refractivity (Wildman–Crippen MR) is 108 cm³/mol. The van der Waals surface area contributed by atoms with Gasteiger partial charge in [0, 0.05) is 0 Å². The summed E-state index contributed by atoms with van der Waals surface area (Å²) in [6.07, 6.45) is 0.333. The summed E-state index contributed by atoms with van der Waals surface area (Å²) in [7, 11) is 0. The Morgan fingerprint density at radius 2 is 1.65 bits per heavy atom. The Bertz CT molecular complexity index is 729. The zero-order valence-electron chi connectivity index (χ0n) is 16.8. The average Bonchev–Trinajstić information content (AvgIpc) is 2.61. The van der Waals surface area contributed by atoms with Gasteiger partial charge in [-0.3, -0.25) is 4.79 Å². The van der Waals surface area contributed by atoms with E-state index in [0.717, 1.165) is 23.3 Å². The second kappa shape index (κ2) is 8.39. The van der Waals surface area contributed by atoms with Crippen LogP contribution in [0.5, 0.6) is 5.75 Å². The third kappa shape index (κ3) is 5.10. The molecule has 140 valence electrons. The average molecular weight is 354 g/mol. The van der Waals surface area contributed by atoms with E-state index in [9.17, 15) is 4.79 Å². The summed E-state index contributed by atoms with van der Waals surface area (Å²) in [5.74, 6) is 0.670. The van der Waals surface area contributed by atoms with Gasteiger partial charge in [0.05, 0.1) is 6.04 Å². The standard InChI is InChI=1S/C23H31NO2/c1-7-18-10-8-9-11-21(18)26-17(3)22(25)24-16(2)19-12-14-20(15-13-19)23(4,5)6/h8-17H,7H2,1-6H3,(H,24,25)/t16-,17-/m0/s1. The highest BCUT2D eigenvalue weighted by Gasteiger charge is 2.19. The first-order valence-corrected chi connectivity index (χ1v) is 9.37. The van der Waals surface area contributed by atoms with Gasteiger partial charge < -0.3 is 10.1 Å². The third-order valence-electron chi connectivity index (χ3n) is 4.66. The maximum absolute atomic E-state index is 12.5. The Morgan fingerprint density at radius 1 is 1.04 bits per heavy atom. The Labute approximate surface area is 157 Å². The second-order valence-electron chi connectivity index (χ2n) is 7.82. The molecule has 0 saturated heterocycles. The van der Waals surface area contributed by atoms with E-state index in [1.54, 1.807) is 6.92 Å². The maximum atomic E-state index is 12.5. The van der Waals surface area contributed by atoms with E-state index in [1.807, 2.05) is 31.2 Å². The molecule has 0 aliphatic carbocycles. The van der Waals surface area contributed by atoms with Gasteiger partial charge in [-0.2, -0.15) is 0 Å². The largest absolute Gasteiger partial charge is 0.481 e. The van der Waals surface area contributed by atoms with Crippen LogP contribution in [-0.4, -0.2) is 12.0 Å². The van der Waals surface area contributed by atoms with Gasteiger partial charge in [-0.05, 0) is 48.4 Å². The zero-order valence-corrected chi connectivity index (χ0v) is 16.8. The first kappa shape index (κ1) is 20.0. The van der Waals surface area contributed by atoms with Gasteiger partial charge in [0.15, 0.2) is 6.10 Å². The number of rotatable bonds is 6. The summed E-state index contributed by atoms with van der Waals surface area (Å²) in [6, 6.07) is 16.2. The van der Waals surface area contributed by atoms with E-state index < -0.39 is 6.10 Å². The first-order chi connectivity index (χ1) is 12.2. The number of carbonyl (C=O) groups excluding carboxylic acids is 1. The number of aryl methyl sites for hydroxylation is 1. The van der Waals surface area contributed by atoms with Crippen molar-refractivity contribution >= 4 is 5.91 Å². The smallest absolute Gasteiger partial charge is 0.261 e. The van der Waals surface area contributed by atoms with Crippen molar-refractivity contribution < 1.29 is 9.53 Å². The van der Waals surface area contributed by atoms with Crippen LogP contribution in [0.25, 0.3) is 0 Å². The number of amides is 1. The van der Waals surface area contributed by atoms with E-state index in [2.05, 4.69) is 57.3 Å². The molecule has 3 heteroatoms. The van der Waals surface area contributed by atoms with E-state index in [-0.39, 0.29) is 17.4 Å². The molecule has 2 rings (SSSR count). The van der Waals surface area contributed by atoms with Crippen molar-refractivity contribution in [3.05, 3.63) is 65.2 Å². The normalized spacial score (nSPS) is 13.8. The Morgan fingerprint density at radius 3 is 2.23 bits per heavy atom. The molecule has 0 unspecified atom stereocenters. The van der Waals surface area contributed by atoms with E-state index in [0.29, 0.717) is 0 Å². The third-order valence-corrected chi connectivity index (χ3v) is 4.66. The van der Waals surface area contributed by atoms with Crippen LogP contribution >= 0.6 is 0 Å². The lowest BCUT2D eigenvalue weighted by molar-refractivity contribution is -0.127. The summed E-state index contributed by atoms with van der Waals surface area (Å²) in [6.45, 7) is 12.4. The summed E-state index contributed by atoms with van der Waals surface area (Å²) in [5, 5.41) is 3.05. The van der Waals surface area contributed by atoms with Crippen LogP contribution in [0.1, 0.15) is 64.3 Å². The number of hydrogen-bond acceptors (Lipinski definition) is 2. The van der Waals surface area contributed by atoms with Crippen LogP contribution in [0.3, 0.4) is 0 Å². The van der Waals surface area contributed by atoms with Crippen LogP contribution in [0, 0.1) is 0 Å². The fourth-order valence-corrected chi connectivity index (χ4v) is 2.84. The van der Waals surface area contributed by atoms with Crippen molar-refractivity contribution in [2.45, 2.75) is 65.5 Å². The summed E-state index contributed by atoms with van der Waals surface area (Å²) in [5.41, 5.74) is 3.61. The molecule has 0 spiro atoms. The van der Waals surface area contributed by atoms with Gasteiger partial charge in [-0.1, -0.05) is 70.2 Å². The summed E-state index contributed by atoms with van der Waals surface area (Å²) in [4.78, 5) is 12.5. The van der Waals surface area contributed by atoms with Gasteiger partial charge in [0.25, 0.3) is 5.91 Å². The quantitative estimate of drug-likeness (QED) is 0.776. The van der Waals surface area contributed by atoms with Crippen molar-refractivity contribution in [1.29, 1.82) is 0 Å². The predicted octanol–water partition coefficient (Wildman–Crippen LogP) is 5.19. The number of carbonyl (C=O) groups is 1. The van der Waals surface area contributed by atoms with Gasteiger partial charge >= 0.3 is 0 Å².